The number of nitrogen functional groups attached to an aromatic ring is 2. The molecule has 0 aliphatic carbocycles. The standard InChI is InChI=1S/C15H26N4/c1-4-19(5-2)9-11-7-12-13(16)6-10(3)14(17)15(12)18-8-11/h6,11,18H,4-5,7-9,16-17H2,1-3H3. The highest BCUT2D eigenvalue weighted by Gasteiger charge is 2.23. The summed E-state index contributed by atoms with van der Waals surface area (Å²) in [5, 5.41) is 3.48. The molecule has 1 aromatic carbocycles. The summed E-state index contributed by atoms with van der Waals surface area (Å²) in [4.78, 5) is 2.46. The van der Waals surface area contributed by atoms with Crippen molar-refractivity contribution in [3.8, 4) is 0 Å². The van der Waals surface area contributed by atoms with Crippen molar-refractivity contribution in [1.29, 1.82) is 0 Å². The summed E-state index contributed by atoms with van der Waals surface area (Å²) >= 11 is 0. The Morgan fingerprint density at radius 1 is 1.32 bits per heavy atom. The first-order valence-electron chi connectivity index (χ1n) is 7.20. The molecule has 0 saturated heterocycles. The van der Waals surface area contributed by atoms with Crippen LogP contribution in [0.4, 0.5) is 17.1 Å². The van der Waals surface area contributed by atoms with Crippen molar-refractivity contribution < 1.29 is 0 Å². The molecule has 0 saturated carbocycles. The van der Waals surface area contributed by atoms with Crippen molar-refractivity contribution in [2.75, 3.05) is 43.0 Å². The Bertz CT molecular complexity index is 452. The molecule has 1 aliphatic heterocycles. The average molecular weight is 262 g/mol. The molecule has 1 aliphatic rings. The number of nitrogens with two attached hydrogens (primary N) is 2. The molecule has 1 heterocycles. The number of fused-ring (bicyclic) bond motifs is 1. The van der Waals surface area contributed by atoms with Crippen molar-refractivity contribution >= 4 is 17.1 Å². The van der Waals surface area contributed by atoms with Crippen molar-refractivity contribution in [2.45, 2.75) is 27.2 Å². The predicted molar refractivity (Wildman–Crippen MR) is 83.5 cm³/mol. The van der Waals surface area contributed by atoms with Gasteiger partial charge in [0.25, 0.3) is 0 Å². The van der Waals surface area contributed by atoms with Gasteiger partial charge in [-0.05, 0) is 44.0 Å². The molecule has 0 spiro atoms. The lowest BCUT2D eigenvalue weighted by Crippen LogP contribution is -2.36. The number of nitrogens with zero attached hydrogens (tertiary/aromatic N) is 1. The summed E-state index contributed by atoms with van der Waals surface area (Å²) in [7, 11) is 0. The van der Waals surface area contributed by atoms with Gasteiger partial charge in [0.1, 0.15) is 0 Å². The molecule has 1 atom stereocenters. The Balaban J connectivity index is 2.18. The third-order valence-corrected chi connectivity index (χ3v) is 4.19. The normalized spacial score (nSPS) is 18.2. The largest absolute Gasteiger partial charge is 0.398 e. The van der Waals surface area contributed by atoms with Crippen LogP contribution in [0, 0.1) is 12.8 Å². The molecule has 1 unspecified atom stereocenters. The molecular weight excluding hydrogens is 236 g/mol. The average Bonchev–Trinajstić information content (AvgIpc) is 2.42. The van der Waals surface area contributed by atoms with Gasteiger partial charge in [0.2, 0.25) is 0 Å². The summed E-state index contributed by atoms with van der Waals surface area (Å²) < 4.78 is 0. The number of rotatable bonds is 4. The summed E-state index contributed by atoms with van der Waals surface area (Å²) in [6.07, 6.45) is 1.02. The van der Waals surface area contributed by atoms with Gasteiger partial charge < -0.3 is 21.7 Å². The van der Waals surface area contributed by atoms with Gasteiger partial charge in [-0.25, -0.2) is 0 Å². The Labute approximate surface area is 116 Å². The van der Waals surface area contributed by atoms with Crippen LogP contribution in [0.3, 0.4) is 0 Å². The van der Waals surface area contributed by atoms with Gasteiger partial charge in [0.15, 0.2) is 0 Å². The highest BCUT2D eigenvalue weighted by Crippen LogP contribution is 2.36. The molecular formula is C15H26N4. The molecule has 4 nitrogen and oxygen atoms in total. The number of benzene rings is 1. The van der Waals surface area contributed by atoms with Gasteiger partial charge in [0.05, 0.1) is 11.4 Å². The minimum atomic E-state index is 0.608. The van der Waals surface area contributed by atoms with E-state index in [0.29, 0.717) is 5.92 Å². The fourth-order valence-corrected chi connectivity index (χ4v) is 2.91. The minimum Gasteiger partial charge on any atom is -0.398 e. The molecule has 19 heavy (non-hydrogen) atoms. The van der Waals surface area contributed by atoms with Crippen LogP contribution < -0.4 is 16.8 Å². The minimum absolute atomic E-state index is 0.608. The van der Waals surface area contributed by atoms with E-state index in [9.17, 15) is 0 Å². The third kappa shape index (κ3) is 2.78. The van der Waals surface area contributed by atoms with Gasteiger partial charge in [-0.3, -0.25) is 0 Å². The molecule has 0 aromatic heterocycles. The van der Waals surface area contributed by atoms with Crippen LogP contribution in [0.1, 0.15) is 25.0 Å². The summed E-state index contributed by atoms with van der Waals surface area (Å²) in [6, 6.07) is 2.00. The fraction of sp³-hybridized carbons (Fsp3) is 0.600. The zero-order valence-electron chi connectivity index (χ0n) is 12.3. The van der Waals surface area contributed by atoms with Crippen LogP contribution in [0.2, 0.25) is 0 Å². The van der Waals surface area contributed by atoms with E-state index >= 15 is 0 Å². The first-order valence-corrected chi connectivity index (χ1v) is 7.20. The van der Waals surface area contributed by atoms with Gasteiger partial charge in [-0.15, -0.1) is 0 Å². The maximum Gasteiger partial charge on any atom is 0.0630 e. The number of nitrogens with one attached hydrogen (secondary N) is 1. The maximum absolute atomic E-state index is 6.16. The second-order valence-corrected chi connectivity index (χ2v) is 5.49. The zero-order valence-corrected chi connectivity index (χ0v) is 12.3. The predicted octanol–water partition coefficient (Wildman–Crippen LogP) is 2.09. The lowest BCUT2D eigenvalue weighted by atomic mass is 9.90. The van der Waals surface area contributed by atoms with E-state index in [1.807, 2.05) is 13.0 Å². The number of aryl methyl sites for hydroxylation is 1. The summed E-state index contributed by atoms with van der Waals surface area (Å²) in [5.41, 5.74) is 17.4. The van der Waals surface area contributed by atoms with Crippen molar-refractivity contribution in [3.63, 3.8) is 0 Å². The molecule has 2 rings (SSSR count). The molecule has 0 fully saturated rings. The molecule has 4 heteroatoms. The maximum atomic E-state index is 6.16. The highest BCUT2D eigenvalue weighted by atomic mass is 15.1. The van der Waals surface area contributed by atoms with Crippen molar-refractivity contribution in [1.82, 2.24) is 4.90 Å². The van der Waals surface area contributed by atoms with E-state index in [0.717, 1.165) is 55.2 Å². The van der Waals surface area contributed by atoms with Crippen LogP contribution in [0.25, 0.3) is 0 Å². The SMILES string of the molecule is CCN(CC)CC1CNc2c(N)c(C)cc(N)c2C1. The van der Waals surface area contributed by atoms with Crippen molar-refractivity contribution in [2.24, 2.45) is 5.92 Å². The second kappa shape index (κ2) is 5.70. The fourth-order valence-electron chi connectivity index (χ4n) is 2.91. The van der Waals surface area contributed by atoms with E-state index in [4.69, 9.17) is 11.5 Å². The Hall–Kier alpha value is -1.42. The number of hydrogen-bond donors (Lipinski definition) is 3. The summed E-state index contributed by atoms with van der Waals surface area (Å²) in [5.74, 6) is 0.608. The first-order chi connectivity index (χ1) is 9.06. The van der Waals surface area contributed by atoms with E-state index in [2.05, 4.69) is 24.1 Å². The van der Waals surface area contributed by atoms with Crippen LogP contribution in [0.5, 0.6) is 0 Å². The second-order valence-electron chi connectivity index (χ2n) is 5.49. The lowest BCUT2D eigenvalue weighted by Gasteiger charge is -2.32. The number of anilines is 3. The Morgan fingerprint density at radius 3 is 2.63 bits per heavy atom. The molecule has 1 aromatic rings. The van der Waals surface area contributed by atoms with Gasteiger partial charge in [-0.1, -0.05) is 13.8 Å². The lowest BCUT2D eigenvalue weighted by molar-refractivity contribution is 0.254. The van der Waals surface area contributed by atoms with Gasteiger partial charge in [-0.2, -0.15) is 0 Å². The highest BCUT2D eigenvalue weighted by molar-refractivity contribution is 5.80. The molecule has 0 bridgehead atoms. The van der Waals surface area contributed by atoms with Crippen LogP contribution in [-0.4, -0.2) is 31.1 Å². The third-order valence-electron chi connectivity index (χ3n) is 4.19. The molecule has 0 radical (unpaired) electrons. The monoisotopic (exact) mass is 262 g/mol. The zero-order chi connectivity index (χ0) is 14.0. The Kier molecular flexibility index (Phi) is 4.20. The molecule has 106 valence electrons. The molecule has 0 amide bonds. The van der Waals surface area contributed by atoms with Crippen molar-refractivity contribution in [3.05, 3.63) is 17.2 Å². The number of hydrogen-bond acceptors (Lipinski definition) is 4. The van der Waals surface area contributed by atoms with Gasteiger partial charge in [0, 0.05) is 24.3 Å². The van der Waals surface area contributed by atoms with Crippen LogP contribution in [0.15, 0.2) is 6.07 Å². The van der Waals surface area contributed by atoms with E-state index < -0.39 is 0 Å². The molecule has 5 N–H and O–H groups in total. The van der Waals surface area contributed by atoms with Gasteiger partial charge >= 0.3 is 0 Å². The smallest absolute Gasteiger partial charge is 0.0630 e. The van der Waals surface area contributed by atoms with E-state index in [1.165, 1.54) is 5.56 Å². The first kappa shape index (κ1) is 14.0. The van der Waals surface area contributed by atoms with Crippen LogP contribution in [-0.2, 0) is 6.42 Å². The van der Waals surface area contributed by atoms with E-state index in [-0.39, 0.29) is 0 Å². The summed E-state index contributed by atoms with van der Waals surface area (Å²) in [6.45, 7) is 10.7. The van der Waals surface area contributed by atoms with Crippen LogP contribution >= 0.6 is 0 Å². The Morgan fingerprint density at radius 2 is 2.00 bits per heavy atom. The topological polar surface area (TPSA) is 67.3 Å². The quantitative estimate of drug-likeness (QED) is 0.727. The van der Waals surface area contributed by atoms with E-state index in [1.54, 1.807) is 0 Å².